The van der Waals surface area contributed by atoms with Gasteiger partial charge in [0.05, 0.1) is 13.2 Å². The van der Waals surface area contributed by atoms with Crippen molar-refractivity contribution in [2.75, 3.05) is 18.6 Å². The maximum absolute atomic E-state index is 12.9. The highest BCUT2D eigenvalue weighted by atomic mass is 16.5. The van der Waals surface area contributed by atoms with E-state index in [1.54, 1.807) is 12.0 Å². The predicted molar refractivity (Wildman–Crippen MR) is 116 cm³/mol. The van der Waals surface area contributed by atoms with Crippen LogP contribution in [0.15, 0.2) is 46.9 Å². The van der Waals surface area contributed by atoms with Crippen LogP contribution in [-0.2, 0) is 9.59 Å². The van der Waals surface area contributed by atoms with Gasteiger partial charge in [-0.2, -0.15) is 0 Å². The Bertz CT molecular complexity index is 1120. The second kappa shape index (κ2) is 7.86. The van der Waals surface area contributed by atoms with Crippen LogP contribution in [0.2, 0.25) is 0 Å². The van der Waals surface area contributed by atoms with Gasteiger partial charge in [-0.1, -0.05) is 18.2 Å². The molecule has 2 heterocycles. The van der Waals surface area contributed by atoms with Crippen molar-refractivity contribution in [1.82, 2.24) is 5.32 Å². The zero-order valence-electron chi connectivity index (χ0n) is 17.7. The number of carbonyl (C=O) groups excluding carboxylic acids is 2. The molecule has 4 rings (SSSR count). The van der Waals surface area contributed by atoms with Crippen molar-refractivity contribution < 1.29 is 18.7 Å². The van der Waals surface area contributed by atoms with Crippen LogP contribution in [0.1, 0.15) is 36.3 Å². The number of benzene rings is 2. The van der Waals surface area contributed by atoms with E-state index < -0.39 is 5.92 Å². The molecule has 1 aromatic heterocycles. The fourth-order valence-corrected chi connectivity index (χ4v) is 3.89. The number of amides is 2. The first-order valence-corrected chi connectivity index (χ1v) is 10.1. The van der Waals surface area contributed by atoms with Gasteiger partial charge < -0.3 is 19.4 Å². The number of nitrogens with one attached hydrogen (secondary N) is 1. The summed E-state index contributed by atoms with van der Waals surface area (Å²) in [7, 11) is 1.59. The molecule has 30 heavy (non-hydrogen) atoms. The lowest BCUT2D eigenvalue weighted by atomic mass is 10.1. The summed E-state index contributed by atoms with van der Waals surface area (Å²) in [5.41, 5.74) is 3.79. The number of hydrogen-bond acceptors (Lipinski definition) is 4. The molecule has 1 N–H and O–H groups in total. The van der Waals surface area contributed by atoms with Gasteiger partial charge in [0, 0.05) is 17.6 Å². The molecule has 2 unspecified atom stereocenters. The largest absolute Gasteiger partial charge is 0.493 e. The summed E-state index contributed by atoms with van der Waals surface area (Å²) in [5.74, 6) is 0.153. The molecule has 2 aromatic carbocycles. The number of methoxy groups -OCH3 is 1. The minimum absolute atomic E-state index is 0.158. The molecule has 6 nitrogen and oxygen atoms in total. The average Bonchev–Trinajstić information content (AvgIpc) is 3.33. The van der Waals surface area contributed by atoms with Crippen LogP contribution in [0.5, 0.6) is 5.75 Å². The molecule has 0 radical (unpaired) electrons. The number of ether oxygens (including phenoxy) is 1. The van der Waals surface area contributed by atoms with Crippen LogP contribution in [-0.4, -0.2) is 25.5 Å². The normalized spacial score (nSPS) is 17.4. The average molecular weight is 406 g/mol. The van der Waals surface area contributed by atoms with E-state index in [1.807, 2.05) is 63.2 Å². The Morgan fingerprint density at radius 1 is 1.20 bits per heavy atom. The number of hydrogen-bond donors (Lipinski definition) is 1. The van der Waals surface area contributed by atoms with E-state index in [2.05, 4.69) is 5.32 Å². The van der Waals surface area contributed by atoms with Crippen molar-refractivity contribution in [2.24, 2.45) is 5.92 Å². The van der Waals surface area contributed by atoms with Crippen LogP contribution in [0.3, 0.4) is 0 Å². The summed E-state index contributed by atoms with van der Waals surface area (Å²) in [6.07, 6.45) is 0.498. The number of furan rings is 1. The second-order valence-electron chi connectivity index (χ2n) is 7.86. The molecule has 0 saturated carbocycles. The van der Waals surface area contributed by atoms with Gasteiger partial charge in [-0.25, -0.2) is 0 Å². The van der Waals surface area contributed by atoms with Crippen LogP contribution in [0.4, 0.5) is 5.69 Å². The van der Waals surface area contributed by atoms with Crippen molar-refractivity contribution in [3.8, 4) is 5.75 Å². The standard InChI is InChI=1S/C24H26N2O4/c1-14-8-9-18(12-15(14)2)26-11-10-19(24(26)28)23(27)25-16(3)21-13-17-6-5-7-20(29-4)22(17)30-21/h5-9,12-13,16,19H,10-11H2,1-4H3,(H,25,27). The number of nitrogens with zero attached hydrogens (tertiary/aromatic N) is 1. The van der Waals surface area contributed by atoms with Crippen molar-refractivity contribution in [2.45, 2.75) is 33.2 Å². The molecule has 6 heteroatoms. The third kappa shape index (κ3) is 3.54. The number of anilines is 1. The highest BCUT2D eigenvalue weighted by Crippen LogP contribution is 2.32. The predicted octanol–water partition coefficient (Wildman–Crippen LogP) is 4.29. The van der Waals surface area contributed by atoms with E-state index in [0.29, 0.717) is 30.1 Å². The molecular weight excluding hydrogens is 380 g/mol. The first-order valence-electron chi connectivity index (χ1n) is 10.1. The monoisotopic (exact) mass is 406 g/mol. The van der Waals surface area contributed by atoms with Gasteiger partial charge in [-0.05, 0) is 62.6 Å². The Morgan fingerprint density at radius 2 is 2.00 bits per heavy atom. The summed E-state index contributed by atoms with van der Waals surface area (Å²) >= 11 is 0. The van der Waals surface area contributed by atoms with E-state index in [0.717, 1.165) is 16.6 Å². The van der Waals surface area contributed by atoms with E-state index in [1.165, 1.54) is 5.56 Å². The lowest BCUT2D eigenvalue weighted by molar-refractivity contribution is -0.132. The van der Waals surface area contributed by atoms with Crippen LogP contribution < -0.4 is 15.0 Å². The highest BCUT2D eigenvalue weighted by molar-refractivity contribution is 6.09. The molecular formula is C24H26N2O4. The summed E-state index contributed by atoms with van der Waals surface area (Å²) in [5, 5.41) is 3.84. The topological polar surface area (TPSA) is 71.8 Å². The molecule has 2 atom stereocenters. The number of para-hydroxylation sites is 1. The van der Waals surface area contributed by atoms with Crippen LogP contribution >= 0.6 is 0 Å². The molecule has 0 aliphatic carbocycles. The fraction of sp³-hybridized carbons (Fsp3) is 0.333. The number of aryl methyl sites for hydroxylation is 2. The lowest BCUT2D eigenvalue weighted by Gasteiger charge is -2.19. The van der Waals surface area contributed by atoms with Crippen LogP contribution in [0.25, 0.3) is 11.0 Å². The minimum Gasteiger partial charge on any atom is -0.493 e. The molecule has 156 valence electrons. The molecule has 1 aliphatic rings. The van der Waals surface area contributed by atoms with Crippen molar-refractivity contribution in [3.63, 3.8) is 0 Å². The number of rotatable bonds is 5. The Morgan fingerprint density at radius 3 is 2.73 bits per heavy atom. The van der Waals surface area contributed by atoms with Gasteiger partial charge in [-0.15, -0.1) is 0 Å². The van der Waals surface area contributed by atoms with Gasteiger partial charge >= 0.3 is 0 Å². The quantitative estimate of drug-likeness (QED) is 0.642. The van der Waals surface area contributed by atoms with E-state index in [-0.39, 0.29) is 17.9 Å². The van der Waals surface area contributed by atoms with Crippen molar-refractivity contribution in [3.05, 3.63) is 59.4 Å². The maximum atomic E-state index is 12.9. The Kier molecular flexibility index (Phi) is 5.24. The van der Waals surface area contributed by atoms with Gasteiger partial charge in [0.2, 0.25) is 11.8 Å². The Balaban J connectivity index is 1.47. The zero-order valence-corrected chi connectivity index (χ0v) is 17.7. The third-order valence-electron chi connectivity index (χ3n) is 5.86. The molecule has 0 bridgehead atoms. The fourth-order valence-electron chi connectivity index (χ4n) is 3.89. The molecule has 1 saturated heterocycles. The summed E-state index contributed by atoms with van der Waals surface area (Å²) < 4.78 is 11.3. The van der Waals surface area contributed by atoms with Gasteiger partial charge in [0.15, 0.2) is 11.3 Å². The van der Waals surface area contributed by atoms with Gasteiger partial charge in [-0.3, -0.25) is 9.59 Å². The molecule has 0 spiro atoms. The van der Waals surface area contributed by atoms with Crippen molar-refractivity contribution >= 4 is 28.5 Å². The lowest BCUT2D eigenvalue weighted by Crippen LogP contribution is -2.37. The molecule has 1 aliphatic heterocycles. The van der Waals surface area contributed by atoms with Crippen molar-refractivity contribution in [1.29, 1.82) is 0 Å². The summed E-state index contributed by atoms with van der Waals surface area (Å²) in [6, 6.07) is 13.1. The third-order valence-corrected chi connectivity index (χ3v) is 5.86. The minimum atomic E-state index is -0.687. The number of carbonyl (C=O) groups is 2. The van der Waals surface area contributed by atoms with Gasteiger partial charge in [0.1, 0.15) is 11.7 Å². The summed E-state index contributed by atoms with van der Waals surface area (Å²) in [4.78, 5) is 27.5. The zero-order chi connectivity index (χ0) is 21.4. The van der Waals surface area contributed by atoms with E-state index in [9.17, 15) is 9.59 Å². The Labute approximate surface area is 175 Å². The molecule has 3 aromatic rings. The number of fused-ring (bicyclic) bond motifs is 1. The SMILES string of the molecule is COc1cccc2cc(C(C)NC(=O)C3CCN(c4ccc(C)c(C)c4)C3=O)oc12. The van der Waals surface area contributed by atoms with E-state index in [4.69, 9.17) is 9.15 Å². The van der Waals surface area contributed by atoms with E-state index >= 15 is 0 Å². The maximum Gasteiger partial charge on any atom is 0.239 e. The first-order chi connectivity index (χ1) is 14.4. The molecule has 2 amide bonds. The summed E-state index contributed by atoms with van der Waals surface area (Å²) in [6.45, 7) is 6.45. The van der Waals surface area contributed by atoms with Crippen LogP contribution in [0, 0.1) is 19.8 Å². The Hall–Kier alpha value is -3.28. The second-order valence-corrected chi connectivity index (χ2v) is 7.86. The van der Waals surface area contributed by atoms with Gasteiger partial charge in [0.25, 0.3) is 0 Å². The molecule has 1 fully saturated rings. The smallest absolute Gasteiger partial charge is 0.239 e. The highest BCUT2D eigenvalue weighted by Gasteiger charge is 2.38. The first kappa shape index (κ1) is 20.0.